The van der Waals surface area contributed by atoms with E-state index in [4.69, 9.17) is 0 Å². The van der Waals surface area contributed by atoms with E-state index in [0.29, 0.717) is 18.1 Å². The molecule has 0 spiro atoms. The van der Waals surface area contributed by atoms with Gasteiger partial charge in [0.15, 0.2) is 0 Å². The van der Waals surface area contributed by atoms with E-state index in [2.05, 4.69) is 9.84 Å². The lowest BCUT2D eigenvalue weighted by molar-refractivity contribution is -0.383. The van der Waals surface area contributed by atoms with Gasteiger partial charge < -0.3 is 4.74 Å². The fourth-order valence-electron chi connectivity index (χ4n) is 4.45. The van der Waals surface area contributed by atoms with Crippen LogP contribution in [-0.4, -0.2) is 47.0 Å². The molecule has 2 rings (SSSR count). The predicted octanol–water partition coefficient (Wildman–Crippen LogP) is 6.15. The summed E-state index contributed by atoms with van der Waals surface area (Å²) < 4.78 is 89.6. The van der Waals surface area contributed by atoms with Gasteiger partial charge in [-0.2, -0.15) is 31.4 Å². The van der Waals surface area contributed by atoms with E-state index >= 15 is 0 Å². The zero-order chi connectivity index (χ0) is 30.2. The Morgan fingerprint density at radius 3 is 1.92 bits per heavy atom. The molecule has 0 aliphatic rings. The van der Waals surface area contributed by atoms with Crippen molar-refractivity contribution in [3.05, 3.63) is 46.3 Å². The summed E-state index contributed by atoms with van der Waals surface area (Å²) in [5, 5.41) is 4.02. The minimum Gasteiger partial charge on any atom is -0.357 e. The summed E-state index contributed by atoms with van der Waals surface area (Å²) in [6.07, 6.45) is -12.0. The first kappa shape index (κ1) is 32.0. The van der Waals surface area contributed by atoms with Gasteiger partial charge in [0.25, 0.3) is 11.5 Å². The van der Waals surface area contributed by atoms with Crippen molar-refractivity contribution in [1.29, 1.82) is 0 Å². The molecule has 2 aromatic rings. The molecule has 0 bridgehead atoms. The van der Waals surface area contributed by atoms with Crippen LogP contribution in [-0.2, 0) is 21.6 Å². The first-order valence-electron chi connectivity index (χ1n) is 12.0. The first-order valence-corrected chi connectivity index (χ1v) is 12.0. The van der Waals surface area contributed by atoms with E-state index in [1.54, 1.807) is 13.8 Å². The lowest BCUT2D eigenvalue weighted by Crippen LogP contribution is -2.56. The molecular weight excluding hydrogens is 532 g/mol. The number of hydrogen-bond donors (Lipinski definition) is 0. The van der Waals surface area contributed by atoms with Gasteiger partial charge in [-0.05, 0) is 43.9 Å². The van der Waals surface area contributed by atoms with Gasteiger partial charge in [-0.1, -0.05) is 33.8 Å². The van der Waals surface area contributed by atoms with Crippen LogP contribution in [0.3, 0.4) is 0 Å². The molecule has 216 valence electrons. The molecule has 0 N–H and O–H groups in total. The average Bonchev–Trinajstić information content (AvgIpc) is 3.07. The second kappa shape index (κ2) is 11.1. The number of rotatable bonds is 7. The summed E-state index contributed by atoms with van der Waals surface area (Å²) >= 11 is 0. The molecule has 13 heteroatoms. The Morgan fingerprint density at radius 1 is 1.00 bits per heavy atom. The molecule has 1 aromatic carbocycles. The fraction of sp³-hybridized carbons (Fsp3) is 0.538. The van der Waals surface area contributed by atoms with Crippen molar-refractivity contribution >= 4 is 23.4 Å². The molecule has 0 aliphatic carbocycles. The van der Waals surface area contributed by atoms with Gasteiger partial charge in [0.1, 0.15) is 0 Å². The summed E-state index contributed by atoms with van der Waals surface area (Å²) in [7, 11) is 0.324. The van der Waals surface area contributed by atoms with Crippen LogP contribution in [0.15, 0.2) is 18.2 Å². The topological polar surface area (TPSA) is 81.5 Å². The number of hydrogen-bond acceptors (Lipinski definition) is 5. The molecule has 0 fully saturated rings. The summed E-state index contributed by atoms with van der Waals surface area (Å²) in [5.74, 6) is -3.38. The van der Waals surface area contributed by atoms with Crippen molar-refractivity contribution in [2.45, 2.75) is 72.8 Å². The van der Waals surface area contributed by atoms with E-state index in [9.17, 15) is 40.7 Å². The molecule has 7 nitrogen and oxygen atoms in total. The van der Waals surface area contributed by atoms with Crippen LogP contribution in [0.25, 0.3) is 0 Å². The van der Waals surface area contributed by atoms with Gasteiger partial charge in [-0.15, -0.1) is 0 Å². The Labute approximate surface area is 222 Å². The Bertz CT molecular complexity index is 1250. The highest BCUT2D eigenvalue weighted by Crippen LogP contribution is 2.54. The fourth-order valence-corrected chi connectivity index (χ4v) is 4.45. The highest BCUT2D eigenvalue weighted by atomic mass is 19.4. The number of ether oxygens (including phenoxy) is 1. The molecule has 2 amide bonds. The van der Waals surface area contributed by atoms with E-state index in [1.165, 1.54) is 34.6 Å². The Balaban J connectivity index is 2.91. The van der Waals surface area contributed by atoms with Gasteiger partial charge in [0.05, 0.1) is 22.6 Å². The molecular formula is C26H31F6N3O4. The maximum absolute atomic E-state index is 14.1. The van der Waals surface area contributed by atoms with Gasteiger partial charge in [0.2, 0.25) is 11.8 Å². The molecule has 0 saturated heterocycles. The van der Waals surface area contributed by atoms with Crippen LogP contribution >= 0.6 is 0 Å². The number of amides is 2. The van der Waals surface area contributed by atoms with Gasteiger partial charge in [-0.25, -0.2) is 9.58 Å². The van der Waals surface area contributed by atoms with E-state index < -0.39 is 58.6 Å². The highest BCUT2D eigenvalue weighted by molar-refractivity contribution is 6.22. The van der Waals surface area contributed by atoms with Gasteiger partial charge in [0, 0.05) is 25.5 Å². The lowest BCUT2D eigenvalue weighted by atomic mass is 9.84. The number of halogens is 6. The van der Waals surface area contributed by atoms with Crippen molar-refractivity contribution in [1.82, 2.24) is 9.78 Å². The maximum atomic E-state index is 14.1. The number of alkyl halides is 6. The SMILES string of the molecule is COC(c1ccc(N(C(=O)c2c(C)nn(C(C)=O)c2C)C(=O)C(C)C)cc1CC(C)C)(C(F)(F)F)C(F)(F)F. The molecule has 39 heavy (non-hydrogen) atoms. The molecule has 0 unspecified atom stereocenters. The third-order valence-electron chi connectivity index (χ3n) is 6.18. The number of carbonyl (C=O) groups excluding carboxylic acids is 3. The number of benzene rings is 1. The number of methoxy groups -OCH3 is 1. The summed E-state index contributed by atoms with van der Waals surface area (Å²) in [6, 6.07) is 2.41. The summed E-state index contributed by atoms with van der Waals surface area (Å²) in [4.78, 5) is 39.6. The smallest absolute Gasteiger partial charge is 0.357 e. The van der Waals surface area contributed by atoms with Crippen LogP contribution in [0.2, 0.25) is 0 Å². The van der Waals surface area contributed by atoms with Gasteiger partial charge in [-0.3, -0.25) is 14.4 Å². The van der Waals surface area contributed by atoms with E-state index in [1.807, 2.05) is 0 Å². The maximum Gasteiger partial charge on any atom is 0.430 e. The Hall–Kier alpha value is -3.22. The number of carbonyl (C=O) groups is 3. The van der Waals surface area contributed by atoms with Crippen molar-refractivity contribution in [2.75, 3.05) is 12.0 Å². The third-order valence-corrected chi connectivity index (χ3v) is 6.18. The van der Waals surface area contributed by atoms with Crippen LogP contribution in [0, 0.1) is 25.7 Å². The minimum absolute atomic E-state index is 0.0921. The molecule has 0 saturated carbocycles. The first-order chi connectivity index (χ1) is 17.7. The van der Waals surface area contributed by atoms with Crippen molar-refractivity contribution in [2.24, 2.45) is 11.8 Å². The average molecular weight is 564 g/mol. The minimum atomic E-state index is -5.88. The van der Waals surface area contributed by atoms with Crippen LogP contribution in [0.1, 0.15) is 72.3 Å². The summed E-state index contributed by atoms with van der Waals surface area (Å²) in [6.45, 7) is 10.2. The lowest BCUT2D eigenvalue weighted by Gasteiger charge is -2.38. The quantitative estimate of drug-likeness (QED) is 0.378. The standard InChI is InChI=1S/C26H31F6N3O4/c1-13(2)11-18-12-19(9-10-20(18)24(39-8,25(27,28)29)26(30,31)32)34(22(37)14(3)4)23(38)21-15(5)33-35(16(21)6)17(7)36/h9-10,12-14H,11H2,1-8H3. The number of nitrogens with zero attached hydrogens (tertiary/aromatic N) is 3. The molecule has 0 radical (unpaired) electrons. The monoisotopic (exact) mass is 563 g/mol. The van der Waals surface area contributed by atoms with Crippen molar-refractivity contribution < 1.29 is 45.5 Å². The molecule has 0 aliphatic heterocycles. The van der Waals surface area contributed by atoms with Crippen LogP contribution < -0.4 is 4.90 Å². The Kier molecular flexibility index (Phi) is 9.11. The normalized spacial score (nSPS) is 12.8. The van der Waals surface area contributed by atoms with Gasteiger partial charge >= 0.3 is 12.4 Å². The van der Waals surface area contributed by atoms with Crippen LogP contribution in [0.4, 0.5) is 32.0 Å². The predicted molar refractivity (Wildman–Crippen MR) is 130 cm³/mol. The zero-order valence-electron chi connectivity index (χ0n) is 22.8. The Morgan fingerprint density at radius 2 is 1.54 bits per heavy atom. The number of imide groups is 1. The number of aromatic nitrogens is 2. The van der Waals surface area contributed by atoms with E-state index in [-0.39, 0.29) is 29.1 Å². The molecule has 1 heterocycles. The second-order valence-corrected chi connectivity index (χ2v) is 9.93. The van der Waals surface area contributed by atoms with E-state index in [0.717, 1.165) is 16.8 Å². The number of anilines is 1. The largest absolute Gasteiger partial charge is 0.430 e. The zero-order valence-corrected chi connectivity index (χ0v) is 22.8. The number of aryl methyl sites for hydroxylation is 1. The second-order valence-electron chi connectivity index (χ2n) is 9.93. The van der Waals surface area contributed by atoms with Crippen LogP contribution in [0.5, 0.6) is 0 Å². The summed E-state index contributed by atoms with van der Waals surface area (Å²) in [5.41, 5.74) is -6.33. The molecule has 0 atom stereocenters. The molecule has 1 aromatic heterocycles. The van der Waals surface area contributed by atoms with Crippen molar-refractivity contribution in [3.63, 3.8) is 0 Å². The third kappa shape index (κ3) is 5.73. The van der Waals surface area contributed by atoms with Crippen molar-refractivity contribution in [3.8, 4) is 0 Å². The highest BCUT2D eigenvalue weighted by Gasteiger charge is 2.73.